The first-order valence-corrected chi connectivity index (χ1v) is 11.0. The van der Waals surface area contributed by atoms with Gasteiger partial charge in [0, 0.05) is 49.7 Å². The lowest BCUT2D eigenvalue weighted by Gasteiger charge is -2.28. The van der Waals surface area contributed by atoms with Gasteiger partial charge in [0.15, 0.2) is 5.82 Å². The Balaban J connectivity index is 1.38. The zero-order chi connectivity index (χ0) is 19.9. The summed E-state index contributed by atoms with van der Waals surface area (Å²) in [6, 6.07) is 7.74. The number of anilines is 1. The molecule has 6 nitrogen and oxygen atoms in total. The molecule has 0 aliphatic carbocycles. The number of hydrogen-bond acceptors (Lipinski definition) is 5. The molecule has 1 N–H and O–H groups in total. The van der Waals surface area contributed by atoms with Gasteiger partial charge in [0.25, 0.3) is 5.91 Å². The molecule has 0 spiro atoms. The summed E-state index contributed by atoms with van der Waals surface area (Å²) in [5.74, 6) is 0.940. The molecule has 2 saturated heterocycles. The van der Waals surface area contributed by atoms with Crippen molar-refractivity contribution in [1.29, 1.82) is 0 Å². The Kier molecular flexibility index (Phi) is 6.72. The molecule has 0 atom stereocenters. The number of piperidine rings is 2. The number of amides is 1. The highest BCUT2D eigenvalue weighted by molar-refractivity contribution is 5.94. The van der Waals surface area contributed by atoms with Crippen LogP contribution < -0.4 is 10.2 Å². The second kappa shape index (κ2) is 9.83. The van der Waals surface area contributed by atoms with E-state index in [-0.39, 0.29) is 5.91 Å². The first kappa shape index (κ1) is 19.8. The van der Waals surface area contributed by atoms with Crippen molar-refractivity contribution in [1.82, 2.24) is 20.2 Å². The predicted molar refractivity (Wildman–Crippen MR) is 116 cm³/mol. The van der Waals surface area contributed by atoms with Gasteiger partial charge in [-0.05, 0) is 57.3 Å². The summed E-state index contributed by atoms with van der Waals surface area (Å²) in [6.45, 7) is 6.00. The van der Waals surface area contributed by atoms with Crippen molar-refractivity contribution >= 4 is 11.7 Å². The molecule has 1 aromatic carbocycles. The molecule has 3 heterocycles. The van der Waals surface area contributed by atoms with Crippen LogP contribution in [0.5, 0.6) is 0 Å². The van der Waals surface area contributed by atoms with Crippen LogP contribution in [-0.4, -0.2) is 60.0 Å². The minimum absolute atomic E-state index is 0.0102. The number of hydrogen-bond donors (Lipinski definition) is 1. The van der Waals surface area contributed by atoms with E-state index < -0.39 is 0 Å². The van der Waals surface area contributed by atoms with Gasteiger partial charge in [-0.3, -0.25) is 9.78 Å². The molecular weight excluding hydrogens is 362 g/mol. The molecule has 0 saturated carbocycles. The monoisotopic (exact) mass is 393 g/mol. The molecule has 1 amide bonds. The number of likely N-dealkylation sites (tertiary alicyclic amines) is 1. The molecule has 1 aromatic heterocycles. The fraction of sp³-hybridized carbons (Fsp3) is 0.522. The summed E-state index contributed by atoms with van der Waals surface area (Å²) in [6.07, 6.45) is 11.1. The van der Waals surface area contributed by atoms with Crippen molar-refractivity contribution in [3.05, 3.63) is 42.2 Å². The highest BCUT2D eigenvalue weighted by atomic mass is 16.1. The largest absolute Gasteiger partial charge is 0.355 e. The number of carbonyl (C=O) groups is 1. The Hall–Kier alpha value is -2.47. The van der Waals surface area contributed by atoms with Crippen molar-refractivity contribution < 1.29 is 4.79 Å². The van der Waals surface area contributed by atoms with Crippen LogP contribution in [0, 0.1) is 0 Å². The highest BCUT2D eigenvalue weighted by Crippen LogP contribution is 2.28. The number of nitrogens with one attached hydrogen (secondary N) is 1. The van der Waals surface area contributed by atoms with E-state index in [9.17, 15) is 4.79 Å². The van der Waals surface area contributed by atoms with Crippen molar-refractivity contribution in [2.24, 2.45) is 0 Å². The average Bonchev–Trinajstić information content (AvgIpc) is 2.80. The third-order valence-corrected chi connectivity index (χ3v) is 5.92. The lowest BCUT2D eigenvalue weighted by Crippen LogP contribution is -2.37. The van der Waals surface area contributed by atoms with E-state index in [2.05, 4.69) is 25.1 Å². The minimum Gasteiger partial charge on any atom is -0.355 e. The van der Waals surface area contributed by atoms with Gasteiger partial charge < -0.3 is 15.1 Å². The minimum atomic E-state index is -0.0102. The van der Waals surface area contributed by atoms with Gasteiger partial charge in [0.1, 0.15) is 5.69 Å². The maximum absolute atomic E-state index is 12.5. The average molecular weight is 394 g/mol. The quantitative estimate of drug-likeness (QED) is 0.816. The van der Waals surface area contributed by atoms with E-state index in [0.29, 0.717) is 12.1 Å². The Bertz CT molecular complexity index is 795. The Morgan fingerprint density at radius 2 is 1.52 bits per heavy atom. The molecule has 0 bridgehead atoms. The van der Waals surface area contributed by atoms with Crippen molar-refractivity contribution in [3.63, 3.8) is 0 Å². The third kappa shape index (κ3) is 5.12. The van der Waals surface area contributed by atoms with Crippen LogP contribution in [0.15, 0.2) is 36.7 Å². The van der Waals surface area contributed by atoms with Gasteiger partial charge in [-0.15, -0.1) is 0 Å². The van der Waals surface area contributed by atoms with Crippen molar-refractivity contribution in [2.45, 2.75) is 38.5 Å². The Labute approximate surface area is 173 Å². The van der Waals surface area contributed by atoms with Crippen molar-refractivity contribution in [3.8, 4) is 11.3 Å². The molecule has 6 heteroatoms. The Morgan fingerprint density at radius 1 is 0.862 bits per heavy atom. The van der Waals surface area contributed by atoms with Gasteiger partial charge >= 0.3 is 0 Å². The van der Waals surface area contributed by atoms with E-state index in [4.69, 9.17) is 0 Å². The molecule has 0 radical (unpaired) electrons. The SMILES string of the molecule is O=C(NCCN1CCCCC1)c1ccc(-c2nccnc2N2CCCCC2)cc1. The summed E-state index contributed by atoms with van der Waals surface area (Å²) in [5.41, 5.74) is 2.59. The van der Waals surface area contributed by atoms with Crippen LogP contribution >= 0.6 is 0 Å². The Morgan fingerprint density at radius 3 is 2.24 bits per heavy atom. The molecule has 4 rings (SSSR count). The van der Waals surface area contributed by atoms with Gasteiger partial charge in [-0.2, -0.15) is 0 Å². The van der Waals surface area contributed by atoms with Crippen LogP contribution in [-0.2, 0) is 0 Å². The smallest absolute Gasteiger partial charge is 0.251 e. The second-order valence-electron chi connectivity index (χ2n) is 8.01. The molecule has 2 aromatic rings. The lowest BCUT2D eigenvalue weighted by molar-refractivity contribution is 0.0946. The number of nitrogens with zero attached hydrogens (tertiary/aromatic N) is 4. The maximum Gasteiger partial charge on any atom is 0.251 e. The summed E-state index contributed by atoms with van der Waals surface area (Å²) in [4.78, 5) is 26.4. The zero-order valence-electron chi connectivity index (χ0n) is 17.1. The lowest BCUT2D eigenvalue weighted by atomic mass is 10.1. The van der Waals surface area contributed by atoms with E-state index in [0.717, 1.165) is 49.8 Å². The third-order valence-electron chi connectivity index (χ3n) is 5.92. The summed E-state index contributed by atoms with van der Waals surface area (Å²) < 4.78 is 0. The van der Waals surface area contributed by atoms with E-state index in [1.54, 1.807) is 12.4 Å². The van der Waals surface area contributed by atoms with Crippen LogP contribution in [0.2, 0.25) is 0 Å². The summed E-state index contributed by atoms with van der Waals surface area (Å²) in [5, 5.41) is 3.05. The topological polar surface area (TPSA) is 61.4 Å². The fourth-order valence-electron chi connectivity index (χ4n) is 4.26. The standard InChI is InChI=1S/C23H31N5O/c29-23(26-13-18-27-14-3-1-4-15-27)20-9-7-19(8-10-20)21-22(25-12-11-24-21)28-16-5-2-6-17-28/h7-12H,1-6,13-18H2,(H,26,29). The van der Waals surface area contributed by atoms with Crippen LogP contribution in [0.25, 0.3) is 11.3 Å². The first-order valence-electron chi connectivity index (χ1n) is 11.0. The van der Waals surface area contributed by atoms with Crippen LogP contribution in [0.4, 0.5) is 5.82 Å². The van der Waals surface area contributed by atoms with Crippen molar-refractivity contribution in [2.75, 3.05) is 44.2 Å². The van der Waals surface area contributed by atoms with Crippen LogP contribution in [0.1, 0.15) is 48.9 Å². The molecule has 2 aliphatic rings. The number of carbonyl (C=O) groups excluding carboxylic acids is 1. The normalized spacial score (nSPS) is 17.9. The molecule has 29 heavy (non-hydrogen) atoms. The predicted octanol–water partition coefficient (Wildman–Crippen LogP) is 3.35. The van der Waals surface area contributed by atoms with Gasteiger partial charge in [0.05, 0.1) is 0 Å². The van der Waals surface area contributed by atoms with Gasteiger partial charge in [-0.25, -0.2) is 4.98 Å². The summed E-state index contributed by atoms with van der Waals surface area (Å²) in [7, 11) is 0. The first-order chi connectivity index (χ1) is 14.3. The van der Waals surface area contributed by atoms with Gasteiger partial charge in [0.2, 0.25) is 0 Å². The van der Waals surface area contributed by atoms with Crippen LogP contribution in [0.3, 0.4) is 0 Å². The van der Waals surface area contributed by atoms with E-state index in [1.165, 1.54) is 38.5 Å². The zero-order valence-corrected chi connectivity index (χ0v) is 17.1. The van der Waals surface area contributed by atoms with Gasteiger partial charge in [-0.1, -0.05) is 18.6 Å². The molecule has 0 unspecified atom stereocenters. The van der Waals surface area contributed by atoms with E-state index in [1.807, 2.05) is 24.3 Å². The fourth-order valence-corrected chi connectivity index (χ4v) is 4.26. The van der Waals surface area contributed by atoms with E-state index >= 15 is 0 Å². The number of rotatable bonds is 6. The summed E-state index contributed by atoms with van der Waals surface area (Å²) >= 11 is 0. The molecular formula is C23H31N5O. The molecule has 2 fully saturated rings. The number of aromatic nitrogens is 2. The maximum atomic E-state index is 12.5. The molecule has 2 aliphatic heterocycles. The number of benzene rings is 1. The molecule has 154 valence electrons. The second-order valence-corrected chi connectivity index (χ2v) is 8.01. The highest BCUT2D eigenvalue weighted by Gasteiger charge is 2.18.